The normalized spacial score (nSPS) is 11.1. The van der Waals surface area contributed by atoms with Gasteiger partial charge in [0.2, 0.25) is 0 Å². The summed E-state index contributed by atoms with van der Waals surface area (Å²) in [5.74, 6) is 0.281. The van der Waals surface area contributed by atoms with Crippen molar-refractivity contribution in [1.29, 1.82) is 0 Å². The first-order valence-corrected chi connectivity index (χ1v) is 7.03. The minimum atomic E-state index is -3.75. The Hall–Kier alpha value is -1.33. The second-order valence-corrected chi connectivity index (χ2v) is 5.77. The molecular weight excluding hydrogens is 304 g/mol. The van der Waals surface area contributed by atoms with Crippen LogP contribution >= 0.6 is 15.9 Å². The van der Waals surface area contributed by atoms with Gasteiger partial charge in [0.05, 0.1) is 0 Å². The number of hydrogen-bond donors (Lipinski definition) is 0. The zero-order chi connectivity index (χ0) is 12.3. The highest BCUT2D eigenvalue weighted by atomic mass is 79.9. The van der Waals surface area contributed by atoms with Crippen LogP contribution in [0.3, 0.4) is 0 Å². The molecular formula is C12H9BrO3S. The molecule has 5 heteroatoms. The van der Waals surface area contributed by atoms with Crippen molar-refractivity contribution in [2.24, 2.45) is 0 Å². The summed E-state index contributed by atoms with van der Waals surface area (Å²) in [6.07, 6.45) is 0. The van der Waals surface area contributed by atoms with Crippen molar-refractivity contribution in [3.05, 3.63) is 59.1 Å². The Bertz CT molecular complexity index is 609. The van der Waals surface area contributed by atoms with Gasteiger partial charge in [0, 0.05) is 4.47 Å². The lowest BCUT2D eigenvalue weighted by molar-refractivity contribution is 0.486. The Morgan fingerprint density at radius 2 is 1.65 bits per heavy atom. The van der Waals surface area contributed by atoms with E-state index in [9.17, 15) is 8.42 Å². The molecule has 0 unspecified atom stereocenters. The summed E-state index contributed by atoms with van der Waals surface area (Å²) in [4.78, 5) is 0.139. The van der Waals surface area contributed by atoms with Gasteiger partial charge in [-0.1, -0.05) is 40.2 Å². The highest BCUT2D eigenvalue weighted by molar-refractivity contribution is 9.10. The number of rotatable bonds is 3. The van der Waals surface area contributed by atoms with Crippen molar-refractivity contribution in [2.75, 3.05) is 0 Å². The van der Waals surface area contributed by atoms with Crippen LogP contribution < -0.4 is 4.18 Å². The largest absolute Gasteiger partial charge is 0.379 e. The Morgan fingerprint density at radius 3 is 2.29 bits per heavy atom. The van der Waals surface area contributed by atoms with Crippen molar-refractivity contribution in [3.63, 3.8) is 0 Å². The van der Waals surface area contributed by atoms with Crippen LogP contribution in [-0.2, 0) is 10.1 Å². The summed E-state index contributed by atoms with van der Waals surface area (Å²) in [5, 5.41) is 0. The molecule has 17 heavy (non-hydrogen) atoms. The van der Waals surface area contributed by atoms with E-state index in [0.717, 1.165) is 4.47 Å². The van der Waals surface area contributed by atoms with Crippen LogP contribution in [-0.4, -0.2) is 8.42 Å². The van der Waals surface area contributed by atoms with Crippen molar-refractivity contribution in [2.45, 2.75) is 4.90 Å². The summed E-state index contributed by atoms with van der Waals surface area (Å²) in [6.45, 7) is 0. The van der Waals surface area contributed by atoms with E-state index in [2.05, 4.69) is 15.9 Å². The van der Waals surface area contributed by atoms with Gasteiger partial charge in [0.1, 0.15) is 10.6 Å². The molecule has 0 amide bonds. The molecule has 0 aliphatic heterocycles. The lowest BCUT2D eigenvalue weighted by atomic mass is 10.3. The third-order valence-corrected chi connectivity index (χ3v) is 3.79. The first-order valence-electron chi connectivity index (χ1n) is 4.83. The van der Waals surface area contributed by atoms with E-state index in [4.69, 9.17) is 4.18 Å². The maximum absolute atomic E-state index is 11.9. The zero-order valence-electron chi connectivity index (χ0n) is 8.71. The molecule has 2 rings (SSSR count). The van der Waals surface area contributed by atoms with Crippen molar-refractivity contribution >= 4 is 26.0 Å². The molecule has 0 saturated heterocycles. The summed E-state index contributed by atoms with van der Waals surface area (Å²) in [5.41, 5.74) is 0. The zero-order valence-corrected chi connectivity index (χ0v) is 11.1. The predicted octanol–water partition coefficient (Wildman–Crippen LogP) is 3.22. The minimum absolute atomic E-state index is 0.139. The quantitative estimate of drug-likeness (QED) is 0.817. The fraction of sp³-hybridized carbons (Fsp3) is 0. The third kappa shape index (κ3) is 3.08. The predicted molar refractivity (Wildman–Crippen MR) is 68.4 cm³/mol. The first-order chi connectivity index (χ1) is 8.08. The summed E-state index contributed by atoms with van der Waals surface area (Å²) >= 11 is 3.25. The molecule has 0 N–H and O–H groups in total. The van der Waals surface area contributed by atoms with Crippen LogP contribution in [0.1, 0.15) is 0 Å². The molecule has 0 aromatic heterocycles. The van der Waals surface area contributed by atoms with Gasteiger partial charge in [-0.05, 0) is 30.3 Å². The Balaban J connectivity index is 2.30. The molecule has 0 fully saturated rings. The van der Waals surface area contributed by atoms with Crippen molar-refractivity contribution in [3.8, 4) is 5.75 Å². The van der Waals surface area contributed by atoms with Crippen molar-refractivity contribution < 1.29 is 12.6 Å². The summed E-state index contributed by atoms with van der Waals surface area (Å²) in [6, 6.07) is 14.7. The Morgan fingerprint density at radius 1 is 0.941 bits per heavy atom. The molecule has 0 aliphatic carbocycles. The van der Waals surface area contributed by atoms with Gasteiger partial charge in [0.15, 0.2) is 0 Å². The molecule has 0 radical (unpaired) electrons. The Kier molecular flexibility index (Phi) is 3.49. The molecule has 3 nitrogen and oxygen atoms in total. The van der Waals surface area contributed by atoms with E-state index in [1.165, 1.54) is 12.1 Å². The second-order valence-electron chi connectivity index (χ2n) is 3.31. The van der Waals surface area contributed by atoms with Crippen LogP contribution in [0, 0.1) is 0 Å². The van der Waals surface area contributed by atoms with Crippen LogP contribution in [0.2, 0.25) is 0 Å². The lowest BCUT2D eigenvalue weighted by Crippen LogP contribution is -2.09. The maximum Gasteiger partial charge on any atom is 0.339 e. The fourth-order valence-electron chi connectivity index (χ4n) is 1.28. The second kappa shape index (κ2) is 4.89. The van der Waals surface area contributed by atoms with Gasteiger partial charge >= 0.3 is 10.1 Å². The van der Waals surface area contributed by atoms with Gasteiger partial charge < -0.3 is 4.18 Å². The third-order valence-electron chi connectivity index (χ3n) is 2.03. The molecule has 0 saturated carbocycles. The fourth-order valence-corrected chi connectivity index (χ4v) is 2.60. The monoisotopic (exact) mass is 312 g/mol. The number of halogens is 1. The van der Waals surface area contributed by atoms with Crippen molar-refractivity contribution in [1.82, 2.24) is 0 Å². The van der Waals surface area contributed by atoms with Crippen LogP contribution in [0.5, 0.6) is 5.75 Å². The number of hydrogen-bond acceptors (Lipinski definition) is 3. The molecule has 0 heterocycles. The molecule has 0 bridgehead atoms. The van der Waals surface area contributed by atoms with E-state index >= 15 is 0 Å². The van der Waals surface area contributed by atoms with Gasteiger partial charge in [-0.2, -0.15) is 8.42 Å². The topological polar surface area (TPSA) is 43.4 Å². The van der Waals surface area contributed by atoms with Gasteiger partial charge in [-0.15, -0.1) is 0 Å². The molecule has 0 spiro atoms. The standard InChI is InChI=1S/C12H9BrO3S/c13-10-5-4-6-11(9-10)16-17(14,15)12-7-2-1-3-8-12/h1-9H. The molecule has 0 aliphatic rings. The van der Waals surface area contributed by atoms with E-state index in [0.29, 0.717) is 0 Å². The smallest absolute Gasteiger partial charge is 0.339 e. The number of benzene rings is 2. The average molecular weight is 313 g/mol. The van der Waals surface area contributed by atoms with E-state index in [1.54, 1.807) is 42.5 Å². The molecule has 2 aromatic rings. The van der Waals surface area contributed by atoms with Gasteiger partial charge in [-0.25, -0.2) is 0 Å². The first kappa shape index (κ1) is 12.1. The molecule has 2 aromatic carbocycles. The van der Waals surface area contributed by atoms with Gasteiger partial charge in [0.25, 0.3) is 0 Å². The SMILES string of the molecule is O=S(=O)(Oc1cccc(Br)c1)c1ccccc1. The van der Waals surface area contributed by atoms with E-state index in [-0.39, 0.29) is 10.6 Å². The highest BCUT2D eigenvalue weighted by Crippen LogP contribution is 2.21. The summed E-state index contributed by atoms with van der Waals surface area (Å²) < 4.78 is 29.5. The van der Waals surface area contributed by atoms with Crippen LogP contribution in [0.25, 0.3) is 0 Å². The van der Waals surface area contributed by atoms with E-state index < -0.39 is 10.1 Å². The minimum Gasteiger partial charge on any atom is -0.379 e. The molecule has 0 atom stereocenters. The summed E-state index contributed by atoms with van der Waals surface area (Å²) in [7, 11) is -3.75. The van der Waals surface area contributed by atoms with Gasteiger partial charge in [-0.3, -0.25) is 0 Å². The lowest BCUT2D eigenvalue weighted by Gasteiger charge is -2.06. The van der Waals surface area contributed by atoms with Crippen LogP contribution in [0.4, 0.5) is 0 Å². The highest BCUT2D eigenvalue weighted by Gasteiger charge is 2.15. The Labute approximate surface area is 108 Å². The average Bonchev–Trinajstić information content (AvgIpc) is 2.29. The maximum atomic E-state index is 11.9. The van der Waals surface area contributed by atoms with Crippen LogP contribution in [0.15, 0.2) is 64.0 Å². The molecule has 88 valence electrons. The van der Waals surface area contributed by atoms with E-state index in [1.807, 2.05) is 0 Å².